The molecule has 0 bridgehead atoms. The standard InChI is InChI=1S/C20H22N4O4S2/c1-15-14-20(18-4-2-3-5-19(18)22-15)23-10-12-24(13-11-23)30(27,28)17-8-6-16(7-9-17)29(21,25)26/h2-9,14H,10-13H2,1H3,(H2,21,25,26). The Morgan fingerprint density at radius 3 is 2.10 bits per heavy atom. The normalized spacial score (nSPS) is 16.1. The van der Waals surface area contributed by atoms with Crippen LogP contribution in [-0.2, 0) is 20.0 Å². The Hall–Kier alpha value is -2.53. The van der Waals surface area contributed by atoms with Crippen molar-refractivity contribution >= 4 is 36.6 Å². The van der Waals surface area contributed by atoms with E-state index in [-0.39, 0.29) is 9.79 Å². The van der Waals surface area contributed by atoms with Crippen LogP contribution in [-0.4, -0.2) is 52.3 Å². The van der Waals surface area contributed by atoms with Gasteiger partial charge < -0.3 is 4.90 Å². The Labute approximate surface area is 176 Å². The van der Waals surface area contributed by atoms with Crippen molar-refractivity contribution in [2.75, 3.05) is 31.1 Å². The van der Waals surface area contributed by atoms with E-state index in [0.717, 1.165) is 22.3 Å². The highest BCUT2D eigenvalue weighted by molar-refractivity contribution is 7.89. The van der Waals surface area contributed by atoms with Gasteiger partial charge in [0.2, 0.25) is 20.0 Å². The Kier molecular flexibility index (Phi) is 5.27. The first-order valence-corrected chi connectivity index (χ1v) is 12.4. The number of fused-ring (bicyclic) bond motifs is 1. The number of anilines is 1. The quantitative estimate of drug-likeness (QED) is 0.653. The maximum Gasteiger partial charge on any atom is 0.243 e. The Morgan fingerprint density at radius 2 is 1.47 bits per heavy atom. The molecule has 0 radical (unpaired) electrons. The van der Waals surface area contributed by atoms with Crippen LogP contribution in [0.3, 0.4) is 0 Å². The van der Waals surface area contributed by atoms with Gasteiger partial charge >= 0.3 is 0 Å². The van der Waals surface area contributed by atoms with Gasteiger partial charge in [0, 0.05) is 42.9 Å². The molecule has 0 unspecified atom stereocenters. The minimum absolute atomic E-state index is 0.0496. The number of para-hydroxylation sites is 1. The fourth-order valence-corrected chi connectivity index (χ4v) is 5.60. The summed E-state index contributed by atoms with van der Waals surface area (Å²) in [5.74, 6) is 0. The summed E-state index contributed by atoms with van der Waals surface area (Å²) < 4.78 is 50.2. The third kappa shape index (κ3) is 3.91. The molecule has 4 rings (SSSR count). The number of benzene rings is 2. The molecule has 1 aliphatic rings. The average Bonchev–Trinajstić information content (AvgIpc) is 2.72. The van der Waals surface area contributed by atoms with Crippen LogP contribution >= 0.6 is 0 Å². The first-order chi connectivity index (χ1) is 14.2. The lowest BCUT2D eigenvalue weighted by Crippen LogP contribution is -2.48. The van der Waals surface area contributed by atoms with Crippen LogP contribution in [0.15, 0.2) is 64.4 Å². The molecule has 0 spiro atoms. The van der Waals surface area contributed by atoms with Gasteiger partial charge in [0.15, 0.2) is 0 Å². The van der Waals surface area contributed by atoms with Gasteiger partial charge in [-0.3, -0.25) is 4.98 Å². The summed E-state index contributed by atoms with van der Waals surface area (Å²) in [6.45, 7) is 3.69. The van der Waals surface area contributed by atoms with E-state index in [0.29, 0.717) is 26.2 Å². The van der Waals surface area contributed by atoms with Gasteiger partial charge in [-0.2, -0.15) is 4.31 Å². The van der Waals surface area contributed by atoms with E-state index < -0.39 is 20.0 Å². The van der Waals surface area contributed by atoms with Crippen molar-refractivity contribution in [3.05, 3.63) is 60.3 Å². The van der Waals surface area contributed by atoms with Crippen LogP contribution in [0.25, 0.3) is 10.9 Å². The third-order valence-electron chi connectivity index (χ3n) is 5.19. The summed E-state index contributed by atoms with van der Waals surface area (Å²) in [6, 6.07) is 14.9. The van der Waals surface area contributed by atoms with Crippen molar-refractivity contribution in [2.45, 2.75) is 16.7 Å². The number of piperazine rings is 1. The number of nitrogens with zero attached hydrogens (tertiary/aromatic N) is 3. The minimum atomic E-state index is -3.87. The molecule has 1 fully saturated rings. The van der Waals surface area contributed by atoms with E-state index >= 15 is 0 Å². The molecule has 8 nitrogen and oxygen atoms in total. The zero-order valence-electron chi connectivity index (χ0n) is 16.4. The zero-order chi connectivity index (χ0) is 21.5. The molecule has 2 heterocycles. The highest BCUT2D eigenvalue weighted by atomic mass is 32.2. The Morgan fingerprint density at radius 1 is 0.867 bits per heavy atom. The minimum Gasteiger partial charge on any atom is -0.368 e. The molecule has 2 N–H and O–H groups in total. The molecule has 0 amide bonds. The second-order valence-electron chi connectivity index (χ2n) is 7.21. The summed E-state index contributed by atoms with van der Waals surface area (Å²) in [4.78, 5) is 6.67. The Bertz CT molecular complexity index is 1300. The highest BCUT2D eigenvalue weighted by Gasteiger charge is 2.29. The lowest BCUT2D eigenvalue weighted by molar-refractivity contribution is 0.385. The van der Waals surface area contributed by atoms with Crippen LogP contribution in [0, 0.1) is 6.92 Å². The van der Waals surface area contributed by atoms with Gasteiger partial charge in [-0.05, 0) is 43.3 Å². The van der Waals surface area contributed by atoms with E-state index in [1.165, 1.54) is 28.6 Å². The van der Waals surface area contributed by atoms with Gasteiger partial charge in [0.05, 0.1) is 15.3 Å². The molecule has 3 aromatic rings. The fourth-order valence-electron chi connectivity index (χ4n) is 3.67. The van der Waals surface area contributed by atoms with Crippen LogP contribution < -0.4 is 10.0 Å². The number of hydrogen-bond donors (Lipinski definition) is 1. The summed E-state index contributed by atoms with van der Waals surface area (Å²) in [5.41, 5.74) is 2.87. The number of rotatable bonds is 4. The van der Waals surface area contributed by atoms with Crippen molar-refractivity contribution in [1.82, 2.24) is 9.29 Å². The van der Waals surface area contributed by atoms with Crippen LogP contribution in [0.2, 0.25) is 0 Å². The van der Waals surface area contributed by atoms with E-state index in [9.17, 15) is 16.8 Å². The smallest absolute Gasteiger partial charge is 0.243 e. The molecular weight excluding hydrogens is 424 g/mol. The second-order valence-corrected chi connectivity index (χ2v) is 10.7. The number of aryl methyl sites for hydroxylation is 1. The van der Waals surface area contributed by atoms with E-state index in [1.54, 1.807) is 0 Å². The first-order valence-electron chi connectivity index (χ1n) is 9.40. The molecule has 0 saturated carbocycles. The maximum atomic E-state index is 13.0. The molecular formula is C20H22N4O4S2. The molecule has 0 atom stereocenters. The number of sulfonamides is 2. The molecule has 10 heteroatoms. The van der Waals surface area contributed by atoms with Gasteiger partial charge in [-0.15, -0.1) is 0 Å². The van der Waals surface area contributed by atoms with Crippen molar-refractivity contribution in [2.24, 2.45) is 5.14 Å². The van der Waals surface area contributed by atoms with Crippen LogP contribution in [0.1, 0.15) is 5.69 Å². The molecule has 1 saturated heterocycles. The molecule has 1 aromatic heterocycles. The summed E-state index contributed by atoms with van der Waals surface area (Å²) in [6.07, 6.45) is 0. The van der Waals surface area contributed by atoms with Gasteiger partial charge in [0.25, 0.3) is 0 Å². The lowest BCUT2D eigenvalue weighted by Gasteiger charge is -2.36. The van der Waals surface area contributed by atoms with Gasteiger partial charge in [0.1, 0.15) is 0 Å². The number of hydrogen-bond acceptors (Lipinski definition) is 6. The number of nitrogens with two attached hydrogens (primary N) is 1. The highest BCUT2D eigenvalue weighted by Crippen LogP contribution is 2.28. The number of primary sulfonamides is 1. The fraction of sp³-hybridized carbons (Fsp3) is 0.250. The first kappa shape index (κ1) is 20.7. The zero-order valence-corrected chi connectivity index (χ0v) is 18.0. The number of pyridine rings is 1. The predicted molar refractivity (Wildman–Crippen MR) is 115 cm³/mol. The van der Waals surface area contributed by atoms with Crippen molar-refractivity contribution in [3.8, 4) is 0 Å². The maximum absolute atomic E-state index is 13.0. The second kappa shape index (κ2) is 7.62. The van der Waals surface area contributed by atoms with Gasteiger partial charge in [-0.1, -0.05) is 18.2 Å². The average molecular weight is 447 g/mol. The number of aromatic nitrogens is 1. The molecule has 0 aliphatic carbocycles. The SMILES string of the molecule is Cc1cc(N2CCN(S(=O)(=O)c3ccc(S(N)(=O)=O)cc3)CC2)c2ccccc2n1. The molecule has 1 aliphatic heterocycles. The topological polar surface area (TPSA) is 114 Å². The van der Waals surface area contributed by atoms with E-state index in [4.69, 9.17) is 5.14 Å². The molecule has 2 aromatic carbocycles. The lowest BCUT2D eigenvalue weighted by atomic mass is 10.1. The summed E-state index contributed by atoms with van der Waals surface area (Å²) in [7, 11) is -7.59. The van der Waals surface area contributed by atoms with E-state index in [1.807, 2.05) is 37.3 Å². The summed E-state index contributed by atoms with van der Waals surface area (Å²) in [5, 5.41) is 6.12. The molecule has 158 valence electrons. The van der Waals surface area contributed by atoms with Crippen molar-refractivity contribution in [1.29, 1.82) is 0 Å². The largest absolute Gasteiger partial charge is 0.368 e. The summed E-state index contributed by atoms with van der Waals surface area (Å²) >= 11 is 0. The van der Waals surface area contributed by atoms with Crippen LogP contribution in [0.5, 0.6) is 0 Å². The monoisotopic (exact) mass is 446 g/mol. The van der Waals surface area contributed by atoms with Crippen molar-refractivity contribution in [3.63, 3.8) is 0 Å². The predicted octanol–water partition coefficient (Wildman–Crippen LogP) is 1.70. The van der Waals surface area contributed by atoms with Crippen molar-refractivity contribution < 1.29 is 16.8 Å². The van der Waals surface area contributed by atoms with Gasteiger partial charge in [-0.25, -0.2) is 22.0 Å². The molecule has 30 heavy (non-hydrogen) atoms. The Balaban J connectivity index is 1.55. The third-order valence-corrected chi connectivity index (χ3v) is 8.03. The van der Waals surface area contributed by atoms with E-state index in [2.05, 4.69) is 9.88 Å². The van der Waals surface area contributed by atoms with Crippen LogP contribution in [0.4, 0.5) is 5.69 Å².